The van der Waals surface area contributed by atoms with Gasteiger partial charge in [0.1, 0.15) is 0 Å². The van der Waals surface area contributed by atoms with Gasteiger partial charge in [0.05, 0.1) is 13.2 Å². The Hall–Kier alpha value is -1.14. The minimum Gasteiger partial charge on any atom is -0.407 e. The van der Waals surface area contributed by atoms with E-state index in [1.54, 1.807) is 0 Å². The molecule has 0 amide bonds. The Bertz CT molecular complexity index is 388. The Morgan fingerprint density at radius 2 is 2.10 bits per heavy atom. The average molecular weight is 282 g/mol. The maximum Gasteiger partial charge on any atom is 0.318 e. The van der Waals surface area contributed by atoms with Crippen molar-refractivity contribution >= 4 is 6.01 Å². The number of aliphatic hydroxyl groups is 1. The molecule has 0 radical (unpaired) electrons. The SMILES string of the molecule is CC(C)CNCc1nnc(N(CCO)C2CCCC2)o1. The highest BCUT2D eigenvalue weighted by atomic mass is 16.4. The van der Waals surface area contributed by atoms with Crippen molar-refractivity contribution in [3.05, 3.63) is 5.89 Å². The predicted octanol–water partition coefficient (Wildman–Crippen LogP) is 1.56. The Morgan fingerprint density at radius 3 is 2.75 bits per heavy atom. The topological polar surface area (TPSA) is 74.4 Å². The van der Waals surface area contributed by atoms with E-state index >= 15 is 0 Å². The zero-order chi connectivity index (χ0) is 14.4. The van der Waals surface area contributed by atoms with E-state index in [1.165, 1.54) is 12.8 Å². The fourth-order valence-corrected chi connectivity index (χ4v) is 2.66. The summed E-state index contributed by atoms with van der Waals surface area (Å²) < 4.78 is 5.72. The van der Waals surface area contributed by atoms with Crippen molar-refractivity contribution in [3.8, 4) is 0 Å². The molecule has 114 valence electrons. The lowest BCUT2D eigenvalue weighted by Crippen LogP contribution is -2.35. The molecule has 1 aromatic rings. The summed E-state index contributed by atoms with van der Waals surface area (Å²) in [6.45, 7) is 6.53. The molecule has 0 atom stereocenters. The number of hydrogen-bond donors (Lipinski definition) is 2. The maximum atomic E-state index is 9.22. The highest BCUT2D eigenvalue weighted by molar-refractivity contribution is 5.27. The third-order valence-electron chi connectivity index (χ3n) is 3.64. The summed E-state index contributed by atoms with van der Waals surface area (Å²) in [5.74, 6) is 1.21. The van der Waals surface area contributed by atoms with Gasteiger partial charge >= 0.3 is 6.01 Å². The standard InChI is InChI=1S/C14H26N4O2/c1-11(2)9-15-10-13-16-17-14(20-13)18(7-8-19)12-5-3-4-6-12/h11-12,15,19H,3-10H2,1-2H3. The zero-order valence-electron chi connectivity index (χ0n) is 12.5. The molecule has 1 saturated carbocycles. The number of anilines is 1. The number of nitrogens with zero attached hydrogens (tertiary/aromatic N) is 3. The minimum absolute atomic E-state index is 0.111. The number of nitrogens with one attached hydrogen (secondary N) is 1. The average Bonchev–Trinajstić information content (AvgIpc) is 3.07. The number of aromatic nitrogens is 2. The lowest BCUT2D eigenvalue weighted by Gasteiger charge is -2.25. The summed E-state index contributed by atoms with van der Waals surface area (Å²) in [6.07, 6.45) is 4.76. The first-order valence-corrected chi connectivity index (χ1v) is 7.61. The third-order valence-corrected chi connectivity index (χ3v) is 3.64. The number of rotatable bonds is 8. The van der Waals surface area contributed by atoms with Gasteiger partial charge in [-0.25, -0.2) is 0 Å². The van der Waals surface area contributed by atoms with Gasteiger partial charge in [0, 0.05) is 12.6 Å². The van der Waals surface area contributed by atoms with Gasteiger partial charge in [-0.3, -0.25) is 0 Å². The van der Waals surface area contributed by atoms with Crippen molar-refractivity contribution < 1.29 is 9.52 Å². The van der Waals surface area contributed by atoms with Gasteiger partial charge in [0.25, 0.3) is 0 Å². The molecule has 0 spiro atoms. The molecule has 0 aliphatic heterocycles. The van der Waals surface area contributed by atoms with Crippen LogP contribution in [0.25, 0.3) is 0 Å². The van der Waals surface area contributed by atoms with E-state index < -0.39 is 0 Å². The van der Waals surface area contributed by atoms with Crippen molar-refractivity contribution in [2.24, 2.45) is 5.92 Å². The molecule has 1 aliphatic rings. The molecule has 6 nitrogen and oxygen atoms in total. The highest BCUT2D eigenvalue weighted by Crippen LogP contribution is 2.27. The molecule has 0 saturated heterocycles. The molecule has 1 aromatic heterocycles. The number of aliphatic hydroxyl groups excluding tert-OH is 1. The summed E-state index contributed by atoms with van der Waals surface area (Å²) >= 11 is 0. The van der Waals surface area contributed by atoms with Crippen LogP contribution in [-0.4, -0.2) is 41.0 Å². The van der Waals surface area contributed by atoms with Crippen molar-refractivity contribution in [1.82, 2.24) is 15.5 Å². The Morgan fingerprint density at radius 1 is 1.35 bits per heavy atom. The molecular formula is C14H26N4O2. The number of hydrogen-bond acceptors (Lipinski definition) is 6. The molecule has 20 heavy (non-hydrogen) atoms. The Balaban J connectivity index is 1.93. The molecule has 0 unspecified atom stereocenters. The lowest BCUT2D eigenvalue weighted by molar-refractivity contribution is 0.292. The van der Waals surface area contributed by atoms with E-state index in [1.807, 2.05) is 0 Å². The van der Waals surface area contributed by atoms with Crippen LogP contribution in [0.15, 0.2) is 4.42 Å². The molecule has 1 fully saturated rings. The van der Waals surface area contributed by atoms with Crippen molar-refractivity contribution in [3.63, 3.8) is 0 Å². The molecule has 1 heterocycles. The first-order chi connectivity index (χ1) is 9.70. The molecule has 0 aromatic carbocycles. The highest BCUT2D eigenvalue weighted by Gasteiger charge is 2.26. The van der Waals surface area contributed by atoms with E-state index in [2.05, 4.69) is 34.3 Å². The fraction of sp³-hybridized carbons (Fsp3) is 0.857. The second kappa shape index (κ2) is 7.59. The van der Waals surface area contributed by atoms with Crippen molar-refractivity contribution in [2.45, 2.75) is 52.1 Å². The predicted molar refractivity (Wildman–Crippen MR) is 77.5 cm³/mol. The second-order valence-electron chi connectivity index (χ2n) is 5.86. The van der Waals surface area contributed by atoms with Gasteiger partial charge in [-0.2, -0.15) is 0 Å². The van der Waals surface area contributed by atoms with Gasteiger partial charge in [-0.05, 0) is 25.3 Å². The van der Waals surface area contributed by atoms with Gasteiger partial charge in [0.2, 0.25) is 5.89 Å². The van der Waals surface area contributed by atoms with E-state index in [0.717, 1.165) is 19.4 Å². The maximum absolute atomic E-state index is 9.22. The molecule has 2 rings (SSSR count). The summed E-state index contributed by atoms with van der Waals surface area (Å²) in [7, 11) is 0. The molecular weight excluding hydrogens is 256 g/mol. The molecule has 2 N–H and O–H groups in total. The van der Waals surface area contributed by atoms with Crippen LogP contribution in [0.1, 0.15) is 45.4 Å². The van der Waals surface area contributed by atoms with Crippen LogP contribution in [-0.2, 0) is 6.54 Å². The van der Waals surface area contributed by atoms with Crippen LogP contribution in [0.4, 0.5) is 6.01 Å². The van der Waals surface area contributed by atoms with E-state index in [9.17, 15) is 5.11 Å². The summed E-state index contributed by atoms with van der Waals surface area (Å²) in [5, 5.41) is 20.7. The van der Waals surface area contributed by atoms with Crippen molar-refractivity contribution in [2.75, 3.05) is 24.6 Å². The van der Waals surface area contributed by atoms with Gasteiger partial charge in [0.15, 0.2) is 0 Å². The first-order valence-electron chi connectivity index (χ1n) is 7.61. The van der Waals surface area contributed by atoms with Gasteiger partial charge < -0.3 is 19.7 Å². The smallest absolute Gasteiger partial charge is 0.318 e. The van der Waals surface area contributed by atoms with Crippen LogP contribution in [0, 0.1) is 5.92 Å². The normalized spacial score (nSPS) is 16.2. The second-order valence-corrected chi connectivity index (χ2v) is 5.86. The lowest BCUT2D eigenvalue weighted by atomic mass is 10.2. The monoisotopic (exact) mass is 282 g/mol. The van der Waals surface area contributed by atoms with Crippen LogP contribution in [0.2, 0.25) is 0 Å². The quantitative estimate of drug-likeness (QED) is 0.753. The Labute approximate surface area is 120 Å². The van der Waals surface area contributed by atoms with Crippen molar-refractivity contribution in [1.29, 1.82) is 0 Å². The fourth-order valence-electron chi connectivity index (χ4n) is 2.66. The van der Waals surface area contributed by atoms with E-state index in [-0.39, 0.29) is 6.61 Å². The largest absolute Gasteiger partial charge is 0.407 e. The van der Waals surface area contributed by atoms with Gasteiger partial charge in [-0.1, -0.05) is 31.8 Å². The summed E-state index contributed by atoms with van der Waals surface area (Å²) in [5.41, 5.74) is 0. The van der Waals surface area contributed by atoms with Crippen LogP contribution in [0.3, 0.4) is 0 Å². The zero-order valence-corrected chi connectivity index (χ0v) is 12.5. The summed E-state index contributed by atoms with van der Waals surface area (Å²) in [6, 6.07) is 0.978. The van der Waals surface area contributed by atoms with E-state index in [0.29, 0.717) is 37.0 Å². The minimum atomic E-state index is 0.111. The van der Waals surface area contributed by atoms with Gasteiger partial charge in [-0.15, -0.1) is 5.10 Å². The van der Waals surface area contributed by atoms with E-state index in [4.69, 9.17) is 4.42 Å². The first kappa shape index (κ1) is 15.3. The molecule has 6 heteroatoms. The van der Waals surface area contributed by atoms with Crippen LogP contribution >= 0.6 is 0 Å². The van der Waals surface area contributed by atoms with Crippen LogP contribution in [0.5, 0.6) is 0 Å². The Kier molecular flexibility index (Phi) is 5.79. The summed E-state index contributed by atoms with van der Waals surface area (Å²) in [4.78, 5) is 2.06. The molecule has 1 aliphatic carbocycles. The molecule has 0 bridgehead atoms. The van der Waals surface area contributed by atoms with Crippen LogP contribution < -0.4 is 10.2 Å². The third kappa shape index (κ3) is 4.18.